The van der Waals surface area contributed by atoms with Crippen molar-refractivity contribution in [3.63, 3.8) is 0 Å². The molecule has 1 aromatic heterocycles. The summed E-state index contributed by atoms with van der Waals surface area (Å²) in [6, 6.07) is -0.856. The maximum atomic E-state index is 12.8. The Balaban J connectivity index is 1.91. The monoisotopic (exact) mass is 376 g/mol. The van der Waals surface area contributed by atoms with Gasteiger partial charge in [-0.2, -0.15) is 5.10 Å². The number of aromatic nitrogens is 2. The number of oxime groups is 1. The van der Waals surface area contributed by atoms with Crippen molar-refractivity contribution in [3.8, 4) is 0 Å². The van der Waals surface area contributed by atoms with Crippen LogP contribution in [0.15, 0.2) is 16.1 Å². The van der Waals surface area contributed by atoms with E-state index in [1.165, 1.54) is 12.6 Å². The largest absolute Gasteiger partial charge is 0.480 e. The molecule has 0 radical (unpaired) electrons. The lowest BCUT2D eigenvalue weighted by atomic mass is 9.45. The van der Waals surface area contributed by atoms with Gasteiger partial charge in [-0.15, -0.1) is 0 Å². The highest BCUT2D eigenvalue weighted by Gasteiger charge is 2.56. The molecule has 5 atom stereocenters. The number of anilines is 1. The summed E-state index contributed by atoms with van der Waals surface area (Å²) in [5.41, 5.74) is 0.369. The summed E-state index contributed by atoms with van der Waals surface area (Å²) >= 11 is 0. The topological polar surface area (TPSA) is 117 Å². The Morgan fingerprint density at radius 1 is 1.52 bits per heavy atom. The van der Waals surface area contributed by atoms with Crippen LogP contribution >= 0.6 is 0 Å². The van der Waals surface area contributed by atoms with E-state index in [4.69, 9.17) is 5.21 Å². The average Bonchev–Trinajstić information content (AvgIpc) is 2.61. The van der Waals surface area contributed by atoms with E-state index in [2.05, 4.69) is 36.3 Å². The fourth-order valence-electron chi connectivity index (χ4n) is 4.99. The predicted octanol–water partition coefficient (Wildman–Crippen LogP) is 2.57. The van der Waals surface area contributed by atoms with E-state index < -0.39 is 17.6 Å². The Morgan fingerprint density at radius 2 is 2.22 bits per heavy atom. The average molecular weight is 376 g/mol. The molecule has 1 heterocycles. The smallest absolute Gasteiger partial charge is 0.328 e. The van der Waals surface area contributed by atoms with Gasteiger partial charge in [0.1, 0.15) is 0 Å². The summed E-state index contributed by atoms with van der Waals surface area (Å²) < 4.78 is 0.940. The van der Waals surface area contributed by atoms with Crippen LogP contribution in [0.25, 0.3) is 0 Å². The highest BCUT2D eigenvalue weighted by Crippen LogP contribution is 2.61. The minimum atomic E-state index is -1.12. The third-order valence-electron chi connectivity index (χ3n) is 6.89. The quantitative estimate of drug-likeness (QED) is 0.399. The Kier molecular flexibility index (Phi) is 5.01. The van der Waals surface area contributed by atoms with Crippen LogP contribution in [0.3, 0.4) is 0 Å². The molecule has 1 unspecified atom stereocenters. The number of carboxylic acids is 1. The van der Waals surface area contributed by atoms with E-state index in [0.29, 0.717) is 28.9 Å². The fraction of sp³-hybridized carbons (Fsp3) is 0.684. The van der Waals surface area contributed by atoms with Gasteiger partial charge in [-0.05, 0) is 42.4 Å². The minimum Gasteiger partial charge on any atom is -0.480 e. The van der Waals surface area contributed by atoms with Gasteiger partial charge in [0, 0.05) is 6.04 Å². The molecule has 2 bridgehead atoms. The van der Waals surface area contributed by atoms with Crippen molar-refractivity contribution in [1.82, 2.24) is 9.78 Å². The molecule has 0 aromatic carbocycles. The number of carbonyl (C=O) groups is 1. The molecule has 0 aliphatic heterocycles. The van der Waals surface area contributed by atoms with Crippen molar-refractivity contribution < 1.29 is 15.1 Å². The Bertz CT molecular complexity index is 816. The van der Waals surface area contributed by atoms with E-state index >= 15 is 0 Å². The second-order valence-electron chi connectivity index (χ2n) is 8.43. The lowest BCUT2D eigenvalue weighted by molar-refractivity contribution is -0.141. The number of aliphatic carboxylic acids is 1. The first-order chi connectivity index (χ1) is 12.7. The van der Waals surface area contributed by atoms with Gasteiger partial charge in [0.2, 0.25) is 0 Å². The lowest BCUT2D eigenvalue weighted by Gasteiger charge is -2.62. The van der Waals surface area contributed by atoms with Crippen molar-refractivity contribution in [2.24, 2.45) is 28.3 Å². The highest BCUT2D eigenvalue weighted by molar-refractivity contribution is 5.86. The molecular formula is C19H28N4O4. The molecule has 3 fully saturated rings. The molecule has 0 spiro atoms. The first-order valence-corrected chi connectivity index (χ1v) is 9.50. The number of nitrogens with zero attached hydrogens (tertiary/aromatic N) is 3. The van der Waals surface area contributed by atoms with Crippen molar-refractivity contribution in [2.45, 2.75) is 59.0 Å². The van der Waals surface area contributed by atoms with E-state index in [-0.39, 0.29) is 18.0 Å². The van der Waals surface area contributed by atoms with Crippen molar-refractivity contribution in [2.75, 3.05) is 5.32 Å². The third-order valence-corrected chi connectivity index (χ3v) is 6.89. The van der Waals surface area contributed by atoms with Crippen LogP contribution in [0.5, 0.6) is 0 Å². The molecule has 8 heteroatoms. The van der Waals surface area contributed by atoms with Crippen LogP contribution in [0.2, 0.25) is 0 Å². The molecule has 3 aliphatic rings. The van der Waals surface area contributed by atoms with Crippen LogP contribution in [-0.2, 0) is 4.79 Å². The molecule has 1 aromatic rings. The summed E-state index contributed by atoms with van der Waals surface area (Å²) in [7, 11) is 0. The van der Waals surface area contributed by atoms with Crippen molar-refractivity contribution in [3.05, 3.63) is 22.1 Å². The van der Waals surface area contributed by atoms with E-state index in [1.54, 1.807) is 6.92 Å². The zero-order chi connectivity index (χ0) is 19.9. The summed E-state index contributed by atoms with van der Waals surface area (Å²) in [5, 5.41) is 28.8. The molecule has 0 amide bonds. The maximum Gasteiger partial charge on any atom is 0.328 e. The molecule has 148 valence electrons. The molecule has 8 nitrogen and oxygen atoms in total. The second kappa shape index (κ2) is 6.98. The lowest BCUT2D eigenvalue weighted by Crippen LogP contribution is -2.58. The molecule has 4 rings (SSSR count). The first kappa shape index (κ1) is 19.4. The molecule has 27 heavy (non-hydrogen) atoms. The second-order valence-corrected chi connectivity index (χ2v) is 8.43. The van der Waals surface area contributed by atoms with E-state index in [0.717, 1.165) is 17.3 Å². The summed E-state index contributed by atoms with van der Waals surface area (Å²) in [4.78, 5) is 24.2. The van der Waals surface area contributed by atoms with Crippen LogP contribution in [0.1, 0.15) is 58.6 Å². The predicted molar refractivity (Wildman–Crippen MR) is 101 cm³/mol. The van der Waals surface area contributed by atoms with Crippen molar-refractivity contribution >= 4 is 17.9 Å². The van der Waals surface area contributed by atoms with Crippen LogP contribution in [0, 0.1) is 23.2 Å². The van der Waals surface area contributed by atoms with Gasteiger partial charge >= 0.3 is 5.97 Å². The SMILES string of the molecule is CCC(C(=O)O)n1ncc(N[C@@H]2C[C@@H]3C[C@H]([C@H]2C)C3(C)C)c(/C=N/O)c1=O. The fourth-order valence-corrected chi connectivity index (χ4v) is 4.99. The molecule has 3 aliphatic carbocycles. The first-order valence-electron chi connectivity index (χ1n) is 9.50. The Hall–Kier alpha value is -2.38. The molecule has 3 saturated carbocycles. The van der Waals surface area contributed by atoms with Gasteiger partial charge in [0.15, 0.2) is 6.04 Å². The zero-order valence-corrected chi connectivity index (χ0v) is 16.2. The Labute approximate surface area is 158 Å². The number of nitrogens with one attached hydrogen (secondary N) is 1. The van der Waals surface area contributed by atoms with Gasteiger partial charge < -0.3 is 15.6 Å². The number of hydrogen-bond acceptors (Lipinski definition) is 6. The Morgan fingerprint density at radius 3 is 2.74 bits per heavy atom. The number of carboxylic acid groups (broad SMARTS) is 1. The molecule has 3 N–H and O–H groups in total. The van der Waals surface area contributed by atoms with Crippen LogP contribution in [0.4, 0.5) is 5.69 Å². The number of fused-ring (bicyclic) bond motifs is 2. The number of rotatable bonds is 6. The highest BCUT2D eigenvalue weighted by atomic mass is 16.4. The molecular weight excluding hydrogens is 348 g/mol. The third kappa shape index (κ3) is 3.11. The van der Waals surface area contributed by atoms with Gasteiger partial charge in [-0.25, -0.2) is 9.48 Å². The standard InChI is InChI=1S/C19H28N4O4/c1-5-16(18(25)26)23-17(24)12(8-21-27)15(9-20-23)22-14-7-11-6-13(10(14)2)19(11,3)4/h8-11,13-14,16,22,27H,5-7H2,1-4H3,(H,25,26)/b21-8+/t10-,11+,13-,14-,16?/m1/s1. The summed E-state index contributed by atoms with van der Waals surface area (Å²) in [5.74, 6) is 0.598. The van der Waals surface area contributed by atoms with E-state index in [9.17, 15) is 14.7 Å². The van der Waals surface area contributed by atoms with Crippen LogP contribution in [-0.4, -0.2) is 38.3 Å². The summed E-state index contributed by atoms with van der Waals surface area (Å²) in [6.45, 7) is 8.55. The van der Waals surface area contributed by atoms with E-state index in [1.807, 2.05) is 0 Å². The zero-order valence-electron chi connectivity index (χ0n) is 16.2. The minimum absolute atomic E-state index is 0.123. The maximum absolute atomic E-state index is 12.8. The van der Waals surface area contributed by atoms with Crippen molar-refractivity contribution in [1.29, 1.82) is 0 Å². The molecule has 0 saturated heterocycles. The normalized spacial score (nSPS) is 29.9. The van der Waals surface area contributed by atoms with Gasteiger partial charge in [0.25, 0.3) is 5.56 Å². The van der Waals surface area contributed by atoms with Gasteiger partial charge in [-0.3, -0.25) is 4.79 Å². The van der Waals surface area contributed by atoms with Crippen LogP contribution < -0.4 is 10.9 Å². The summed E-state index contributed by atoms with van der Waals surface area (Å²) in [6.07, 6.45) is 4.99. The van der Waals surface area contributed by atoms with Gasteiger partial charge in [-0.1, -0.05) is 32.9 Å². The number of hydrogen-bond donors (Lipinski definition) is 3. The van der Waals surface area contributed by atoms with Gasteiger partial charge in [0.05, 0.1) is 23.7 Å².